The molecule has 0 aliphatic carbocycles. The second-order valence-electron chi connectivity index (χ2n) is 4.10. The summed E-state index contributed by atoms with van der Waals surface area (Å²) < 4.78 is 2.06. The lowest BCUT2D eigenvalue weighted by molar-refractivity contribution is 0.502. The van der Waals surface area contributed by atoms with E-state index in [1.807, 2.05) is 44.8 Å². The van der Waals surface area contributed by atoms with Crippen LogP contribution in [0.5, 0.6) is 0 Å². The van der Waals surface area contributed by atoms with Crippen LogP contribution in [-0.2, 0) is 13.5 Å². The molecule has 0 spiro atoms. The zero-order valence-corrected chi connectivity index (χ0v) is 10.3. The zero-order chi connectivity index (χ0) is 12.1. The highest BCUT2D eigenvalue weighted by molar-refractivity contribution is 5.05. The second-order valence-corrected chi connectivity index (χ2v) is 4.10. The molecule has 17 heavy (non-hydrogen) atoms. The van der Waals surface area contributed by atoms with Crippen molar-refractivity contribution in [2.45, 2.75) is 18.9 Å². The summed E-state index contributed by atoms with van der Waals surface area (Å²) in [5, 5.41) is 3.30. The topological polar surface area (TPSA) is 42.7 Å². The van der Waals surface area contributed by atoms with Gasteiger partial charge >= 0.3 is 0 Å². The molecular formula is C13H18N4. The van der Waals surface area contributed by atoms with Gasteiger partial charge in [0.15, 0.2) is 0 Å². The highest BCUT2D eigenvalue weighted by atomic mass is 15.1. The summed E-state index contributed by atoms with van der Waals surface area (Å²) in [4.78, 5) is 8.71. The third-order valence-electron chi connectivity index (χ3n) is 2.93. The molecule has 0 saturated carbocycles. The van der Waals surface area contributed by atoms with E-state index < -0.39 is 0 Å². The number of hydrogen-bond acceptors (Lipinski definition) is 3. The van der Waals surface area contributed by atoms with E-state index in [0.717, 1.165) is 24.4 Å². The maximum Gasteiger partial charge on any atom is 0.125 e. The highest BCUT2D eigenvalue weighted by Gasteiger charge is 2.13. The molecule has 4 heteroatoms. The molecule has 2 rings (SSSR count). The molecule has 0 bridgehead atoms. The van der Waals surface area contributed by atoms with Gasteiger partial charge in [0, 0.05) is 31.3 Å². The Kier molecular flexibility index (Phi) is 3.88. The van der Waals surface area contributed by atoms with Gasteiger partial charge in [0.2, 0.25) is 0 Å². The predicted molar refractivity (Wildman–Crippen MR) is 67.6 cm³/mol. The van der Waals surface area contributed by atoms with E-state index >= 15 is 0 Å². The Morgan fingerprint density at radius 1 is 1.29 bits per heavy atom. The summed E-state index contributed by atoms with van der Waals surface area (Å²) in [6.45, 7) is 0. The van der Waals surface area contributed by atoms with Gasteiger partial charge in [0.05, 0.1) is 6.04 Å². The normalized spacial score (nSPS) is 12.6. The lowest BCUT2D eigenvalue weighted by Gasteiger charge is -2.15. The van der Waals surface area contributed by atoms with Gasteiger partial charge < -0.3 is 9.88 Å². The number of pyridine rings is 1. The van der Waals surface area contributed by atoms with E-state index in [-0.39, 0.29) is 6.04 Å². The van der Waals surface area contributed by atoms with Gasteiger partial charge in [-0.25, -0.2) is 4.98 Å². The monoisotopic (exact) mass is 230 g/mol. The van der Waals surface area contributed by atoms with Crippen LogP contribution in [0.1, 0.15) is 24.0 Å². The Hall–Kier alpha value is -1.68. The van der Waals surface area contributed by atoms with Crippen molar-refractivity contribution in [3.8, 4) is 0 Å². The standard InChI is InChI=1S/C13H18N4/c1-14-12(13-16-9-10-17(13)2)7-6-11-5-3-4-8-15-11/h3-5,8-10,12,14H,6-7H2,1-2H3. The molecule has 1 N–H and O–H groups in total. The molecule has 90 valence electrons. The van der Waals surface area contributed by atoms with Crippen molar-refractivity contribution in [2.24, 2.45) is 7.05 Å². The van der Waals surface area contributed by atoms with E-state index in [0.29, 0.717) is 0 Å². The Bertz CT molecular complexity index is 449. The molecule has 1 atom stereocenters. The molecule has 1 unspecified atom stereocenters. The number of aryl methyl sites for hydroxylation is 2. The third kappa shape index (κ3) is 2.91. The van der Waals surface area contributed by atoms with Crippen molar-refractivity contribution in [1.29, 1.82) is 0 Å². The minimum atomic E-state index is 0.275. The van der Waals surface area contributed by atoms with Gasteiger partial charge in [-0.15, -0.1) is 0 Å². The van der Waals surface area contributed by atoms with Crippen LogP contribution in [0.4, 0.5) is 0 Å². The van der Waals surface area contributed by atoms with Gasteiger partial charge in [0.25, 0.3) is 0 Å². The molecule has 0 radical (unpaired) electrons. The quantitative estimate of drug-likeness (QED) is 0.850. The van der Waals surface area contributed by atoms with E-state index in [2.05, 4.69) is 25.9 Å². The minimum absolute atomic E-state index is 0.275. The average Bonchev–Trinajstić information content (AvgIpc) is 2.78. The Labute approximate surface area is 102 Å². The number of nitrogens with one attached hydrogen (secondary N) is 1. The fourth-order valence-electron chi connectivity index (χ4n) is 1.95. The Morgan fingerprint density at radius 2 is 2.18 bits per heavy atom. The molecule has 0 aromatic carbocycles. The van der Waals surface area contributed by atoms with Crippen LogP contribution in [-0.4, -0.2) is 21.6 Å². The van der Waals surface area contributed by atoms with E-state index in [1.54, 1.807) is 0 Å². The minimum Gasteiger partial charge on any atom is -0.337 e. The van der Waals surface area contributed by atoms with Crippen molar-refractivity contribution in [2.75, 3.05) is 7.05 Å². The summed E-state index contributed by atoms with van der Waals surface area (Å²) in [7, 11) is 3.99. The van der Waals surface area contributed by atoms with Gasteiger partial charge in [-0.05, 0) is 32.0 Å². The fraction of sp³-hybridized carbons (Fsp3) is 0.385. The number of rotatable bonds is 5. The van der Waals surface area contributed by atoms with Crippen molar-refractivity contribution in [3.63, 3.8) is 0 Å². The first-order chi connectivity index (χ1) is 8.31. The Balaban J connectivity index is 2.00. The van der Waals surface area contributed by atoms with Crippen LogP contribution >= 0.6 is 0 Å². The number of nitrogens with zero attached hydrogens (tertiary/aromatic N) is 3. The molecular weight excluding hydrogens is 212 g/mol. The average molecular weight is 230 g/mol. The van der Waals surface area contributed by atoms with Crippen LogP contribution in [0, 0.1) is 0 Å². The largest absolute Gasteiger partial charge is 0.337 e. The first-order valence-electron chi connectivity index (χ1n) is 5.85. The molecule has 2 aromatic rings. The van der Waals surface area contributed by atoms with Crippen molar-refractivity contribution >= 4 is 0 Å². The summed E-state index contributed by atoms with van der Waals surface area (Å²) in [6, 6.07) is 6.30. The number of imidazole rings is 1. The van der Waals surface area contributed by atoms with Crippen molar-refractivity contribution in [1.82, 2.24) is 19.9 Å². The summed E-state index contributed by atoms with van der Waals surface area (Å²) in [6.07, 6.45) is 7.60. The van der Waals surface area contributed by atoms with E-state index in [9.17, 15) is 0 Å². The van der Waals surface area contributed by atoms with Crippen molar-refractivity contribution < 1.29 is 0 Å². The molecule has 2 aromatic heterocycles. The fourth-order valence-corrected chi connectivity index (χ4v) is 1.95. The first kappa shape index (κ1) is 11.8. The molecule has 4 nitrogen and oxygen atoms in total. The number of aromatic nitrogens is 3. The van der Waals surface area contributed by atoms with E-state index in [1.165, 1.54) is 0 Å². The van der Waals surface area contributed by atoms with Gasteiger partial charge in [0.1, 0.15) is 5.82 Å². The maximum atomic E-state index is 4.38. The molecule has 0 aliphatic heterocycles. The first-order valence-corrected chi connectivity index (χ1v) is 5.85. The summed E-state index contributed by atoms with van der Waals surface area (Å²) in [5.74, 6) is 1.07. The SMILES string of the molecule is CNC(CCc1ccccn1)c1nccn1C. The van der Waals surface area contributed by atoms with Gasteiger partial charge in [-0.1, -0.05) is 6.07 Å². The summed E-state index contributed by atoms with van der Waals surface area (Å²) >= 11 is 0. The van der Waals surface area contributed by atoms with Crippen molar-refractivity contribution in [3.05, 3.63) is 48.3 Å². The maximum absolute atomic E-state index is 4.38. The second kappa shape index (κ2) is 5.59. The lowest BCUT2D eigenvalue weighted by Crippen LogP contribution is -2.20. The van der Waals surface area contributed by atoms with Crippen LogP contribution in [0.15, 0.2) is 36.8 Å². The molecule has 0 saturated heterocycles. The predicted octanol–water partition coefficient (Wildman–Crippen LogP) is 1.71. The van der Waals surface area contributed by atoms with Crippen LogP contribution < -0.4 is 5.32 Å². The van der Waals surface area contributed by atoms with Gasteiger partial charge in [-0.2, -0.15) is 0 Å². The van der Waals surface area contributed by atoms with Crippen LogP contribution in [0.2, 0.25) is 0 Å². The molecule has 0 aliphatic rings. The molecule has 2 heterocycles. The van der Waals surface area contributed by atoms with E-state index in [4.69, 9.17) is 0 Å². The Morgan fingerprint density at radius 3 is 2.76 bits per heavy atom. The van der Waals surface area contributed by atoms with Crippen LogP contribution in [0.3, 0.4) is 0 Å². The van der Waals surface area contributed by atoms with Crippen LogP contribution in [0.25, 0.3) is 0 Å². The molecule has 0 amide bonds. The zero-order valence-electron chi connectivity index (χ0n) is 10.3. The highest BCUT2D eigenvalue weighted by Crippen LogP contribution is 2.15. The number of hydrogen-bond donors (Lipinski definition) is 1. The smallest absolute Gasteiger partial charge is 0.125 e. The third-order valence-corrected chi connectivity index (χ3v) is 2.93. The molecule has 0 fully saturated rings. The van der Waals surface area contributed by atoms with Gasteiger partial charge in [-0.3, -0.25) is 4.98 Å². The summed E-state index contributed by atoms with van der Waals surface area (Å²) in [5.41, 5.74) is 1.13. The lowest BCUT2D eigenvalue weighted by atomic mass is 10.1.